The Bertz CT molecular complexity index is 404. The monoisotopic (exact) mass is 207 g/mol. The highest BCUT2D eigenvalue weighted by Gasteiger charge is 2.08. The summed E-state index contributed by atoms with van der Waals surface area (Å²) in [5.74, 6) is -0.928. The SMILES string of the molecule is C=C/C=C(\N=C)c1csc(C(=O)O)c1. The summed E-state index contributed by atoms with van der Waals surface area (Å²) in [7, 11) is 0. The van der Waals surface area contributed by atoms with Crippen LogP contribution in [0.5, 0.6) is 0 Å². The Labute approximate surface area is 85.7 Å². The van der Waals surface area contributed by atoms with E-state index in [1.165, 1.54) is 0 Å². The van der Waals surface area contributed by atoms with Gasteiger partial charge in [0.2, 0.25) is 0 Å². The summed E-state index contributed by atoms with van der Waals surface area (Å²) in [5, 5.41) is 10.4. The summed E-state index contributed by atoms with van der Waals surface area (Å²) in [5.41, 5.74) is 1.38. The maximum atomic E-state index is 10.6. The highest BCUT2D eigenvalue weighted by molar-refractivity contribution is 7.12. The minimum Gasteiger partial charge on any atom is -0.477 e. The molecule has 3 nitrogen and oxygen atoms in total. The molecule has 14 heavy (non-hydrogen) atoms. The van der Waals surface area contributed by atoms with Gasteiger partial charge in [0.05, 0.1) is 5.70 Å². The summed E-state index contributed by atoms with van der Waals surface area (Å²) in [6.45, 7) is 6.94. The molecule has 0 atom stereocenters. The third-order valence-electron chi connectivity index (χ3n) is 1.55. The van der Waals surface area contributed by atoms with Gasteiger partial charge in [-0.05, 0) is 18.9 Å². The van der Waals surface area contributed by atoms with E-state index in [2.05, 4.69) is 18.3 Å². The average molecular weight is 207 g/mol. The van der Waals surface area contributed by atoms with Crippen molar-refractivity contribution in [2.24, 2.45) is 4.99 Å². The number of carbonyl (C=O) groups is 1. The van der Waals surface area contributed by atoms with E-state index in [0.29, 0.717) is 10.6 Å². The van der Waals surface area contributed by atoms with Crippen molar-refractivity contribution in [3.63, 3.8) is 0 Å². The van der Waals surface area contributed by atoms with E-state index in [1.54, 1.807) is 23.6 Å². The van der Waals surface area contributed by atoms with E-state index in [-0.39, 0.29) is 0 Å². The molecule has 0 aliphatic rings. The fraction of sp³-hybridized carbons (Fsp3) is 0. The van der Waals surface area contributed by atoms with Gasteiger partial charge in [-0.15, -0.1) is 11.3 Å². The van der Waals surface area contributed by atoms with Crippen LogP contribution in [0.3, 0.4) is 0 Å². The van der Waals surface area contributed by atoms with Crippen molar-refractivity contribution in [1.29, 1.82) is 0 Å². The van der Waals surface area contributed by atoms with Crippen molar-refractivity contribution >= 4 is 29.7 Å². The molecule has 1 aromatic rings. The number of carboxylic acid groups (broad SMARTS) is 1. The summed E-state index contributed by atoms with van der Waals surface area (Å²) in [4.78, 5) is 14.7. The third kappa shape index (κ3) is 2.17. The minimum atomic E-state index is -0.928. The number of rotatable bonds is 4. The maximum Gasteiger partial charge on any atom is 0.345 e. The third-order valence-corrected chi connectivity index (χ3v) is 2.47. The molecule has 0 bridgehead atoms. The summed E-state index contributed by atoms with van der Waals surface area (Å²) in [6.07, 6.45) is 3.27. The Kier molecular flexibility index (Phi) is 3.36. The maximum absolute atomic E-state index is 10.6. The number of allylic oxidation sites excluding steroid dienone is 2. The molecule has 72 valence electrons. The lowest BCUT2D eigenvalue weighted by atomic mass is 10.2. The highest BCUT2D eigenvalue weighted by Crippen LogP contribution is 2.22. The van der Waals surface area contributed by atoms with Crippen molar-refractivity contribution in [2.45, 2.75) is 0 Å². The van der Waals surface area contributed by atoms with Crippen LogP contribution in [-0.4, -0.2) is 17.8 Å². The smallest absolute Gasteiger partial charge is 0.345 e. The fourth-order valence-corrected chi connectivity index (χ4v) is 1.67. The molecule has 0 saturated carbocycles. The average Bonchev–Trinajstić information content (AvgIpc) is 2.63. The van der Waals surface area contributed by atoms with Gasteiger partial charge in [0.25, 0.3) is 0 Å². The second-order valence-electron chi connectivity index (χ2n) is 2.45. The lowest BCUT2D eigenvalue weighted by molar-refractivity contribution is 0.0702. The van der Waals surface area contributed by atoms with E-state index in [4.69, 9.17) is 5.11 Å². The fourth-order valence-electron chi connectivity index (χ4n) is 0.935. The van der Waals surface area contributed by atoms with E-state index >= 15 is 0 Å². The largest absolute Gasteiger partial charge is 0.477 e. The van der Waals surface area contributed by atoms with Gasteiger partial charge in [-0.1, -0.05) is 12.7 Å². The number of nitrogens with zero attached hydrogens (tertiary/aromatic N) is 1. The van der Waals surface area contributed by atoms with Crippen molar-refractivity contribution < 1.29 is 9.90 Å². The van der Waals surface area contributed by atoms with Crippen LogP contribution >= 0.6 is 11.3 Å². The van der Waals surface area contributed by atoms with Crippen LogP contribution in [0, 0.1) is 0 Å². The van der Waals surface area contributed by atoms with Gasteiger partial charge in [0.1, 0.15) is 4.88 Å². The number of hydrogen-bond acceptors (Lipinski definition) is 3. The zero-order valence-corrected chi connectivity index (χ0v) is 8.25. The second kappa shape index (κ2) is 4.53. The Morgan fingerprint density at radius 3 is 2.79 bits per heavy atom. The second-order valence-corrected chi connectivity index (χ2v) is 3.36. The van der Waals surface area contributed by atoms with Crippen LogP contribution in [0.25, 0.3) is 5.70 Å². The number of thiophene rings is 1. The minimum absolute atomic E-state index is 0.290. The van der Waals surface area contributed by atoms with E-state index in [0.717, 1.165) is 16.9 Å². The Hall–Kier alpha value is -1.68. The molecule has 0 aromatic carbocycles. The number of carboxylic acids is 1. The molecule has 1 N–H and O–H groups in total. The molecular weight excluding hydrogens is 198 g/mol. The van der Waals surface area contributed by atoms with Crippen LogP contribution in [-0.2, 0) is 0 Å². The predicted molar refractivity (Wildman–Crippen MR) is 59.0 cm³/mol. The molecule has 4 heteroatoms. The zero-order valence-electron chi connectivity index (χ0n) is 7.43. The molecule has 1 rings (SSSR count). The summed E-state index contributed by atoms with van der Waals surface area (Å²) < 4.78 is 0. The number of aromatic carboxylic acids is 1. The first-order valence-corrected chi connectivity index (χ1v) is 4.68. The summed E-state index contributed by atoms with van der Waals surface area (Å²) in [6, 6.07) is 1.57. The van der Waals surface area contributed by atoms with Gasteiger partial charge in [0.15, 0.2) is 0 Å². The van der Waals surface area contributed by atoms with Crippen molar-refractivity contribution in [3.05, 3.63) is 40.6 Å². The van der Waals surface area contributed by atoms with Crippen LogP contribution in [0.15, 0.2) is 35.2 Å². The van der Waals surface area contributed by atoms with Crippen LogP contribution in [0.4, 0.5) is 0 Å². The molecule has 0 amide bonds. The van der Waals surface area contributed by atoms with Gasteiger partial charge in [-0.3, -0.25) is 4.99 Å². The van der Waals surface area contributed by atoms with E-state index < -0.39 is 5.97 Å². The van der Waals surface area contributed by atoms with Gasteiger partial charge in [-0.2, -0.15) is 0 Å². The molecule has 0 aliphatic carbocycles. The normalized spacial score (nSPS) is 11.0. The van der Waals surface area contributed by atoms with E-state index in [1.807, 2.05) is 0 Å². The molecule has 0 unspecified atom stereocenters. The predicted octanol–water partition coefficient (Wildman–Crippen LogP) is 2.67. The van der Waals surface area contributed by atoms with Crippen molar-refractivity contribution in [3.8, 4) is 0 Å². The lowest BCUT2D eigenvalue weighted by Crippen LogP contribution is -1.90. The van der Waals surface area contributed by atoms with Gasteiger partial charge >= 0.3 is 5.97 Å². The van der Waals surface area contributed by atoms with Crippen molar-refractivity contribution in [2.75, 3.05) is 0 Å². The first-order chi connectivity index (χ1) is 6.69. The molecule has 0 radical (unpaired) electrons. The number of aliphatic imine (C=N–C) groups is 1. The lowest BCUT2D eigenvalue weighted by Gasteiger charge is -1.93. The zero-order chi connectivity index (χ0) is 10.6. The Morgan fingerprint density at radius 1 is 1.64 bits per heavy atom. The molecule has 0 aliphatic heterocycles. The standard InChI is InChI=1S/C10H9NO2S/c1-3-4-8(11-2)7-5-9(10(12)13)14-6-7/h3-6H,1-2H2,(H,12,13)/b8-4-. The van der Waals surface area contributed by atoms with Gasteiger partial charge < -0.3 is 5.11 Å². The number of hydrogen-bond donors (Lipinski definition) is 1. The van der Waals surface area contributed by atoms with Gasteiger partial charge in [-0.25, -0.2) is 4.79 Å². The van der Waals surface area contributed by atoms with Crippen LogP contribution in [0.1, 0.15) is 15.2 Å². The summed E-state index contributed by atoms with van der Waals surface area (Å²) >= 11 is 1.16. The van der Waals surface area contributed by atoms with Crippen LogP contribution < -0.4 is 0 Å². The first-order valence-electron chi connectivity index (χ1n) is 3.80. The quantitative estimate of drug-likeness (QED) is 0.609. The van der Waals surface area contributed by atoms with E-state index in [9.17, 15) is 4.79 Å². The Balaban J connectivity index is 3.06. The molecule has 0 spiro atoms. The Morgan fingerprint density at radius 2 is 2.36 bits per heavy atom. The molecule has 1 heterocycles. The molecule has 1 aromatic heterocycles. The highest BCUT2D eigenvalue weighted by atomic mass is 32.1. The molecule has 0 saturated heterocycles. The first kappa shape index (κ1) is 10.4. The van der Waals surface area contributed by atoms with Crippen molar-refractivity contribution in [1.82, 2.24) is 0 Å². The molecule has 0 fully saturated rings. The topological polar surface area (TPSA) is 49.7 Å². The van der Waals surface area contributed by atoms with Gasteiger partial charge in [0, 0.05) is 10.9 Å². The van der Waals surface area contributed by atoms with Crippen LogP contribution in [0.2, 0.25) is 0 Å². The molecular formula is C10H9NO2S.